The number of rotatable bonds is 8. The van der Waals surface area contributed by atoms with Crippen LogP contribution in [0.5, 0.6) is 5.75 Å². The van der Waals surface area contributed by atoms with Crippen LogP contribution >= 0.6 is 0 Å². The molecule has 31 heavy (non-hydrogen) atoms. The number of nitrogens with zero attached hydrogens (tertiary/aromatic N) is 2. The minimum absolute atomic E-state index is 0.0278. The fourth-order valence-corrected chi connectivity index (χ4v) is 4.73. The van der Waals surface area contributed by atoms with Crippen LogP contribution in [-0.4, -0.2) is 61.9 Å². The Labute approximate surface area is 180 Å². The van der Waals surface area contributed by atoms with Crippen LogP contribution < -0.4 is 15.4 Å². The number of urea groups is 1. The van der Waals surface area contributed by atoms with E-state index in [-0.39, 0.29) is 36.4 Å². The second-order valence-electron chi connectivity index (χ2n) is 7.05. The second kappa shape index (κ2) is 10.0. The molecule has 3 rings (SSSR count). The van der Waals surface area contributed by atoms with Crippen LogP contribution in [0, 0.1) is 5.82 Å². The lowest BCUT2D eigenvalue weighted by atomic mass is 10.2. The highest BCUT2D eigenvalue weighted by Crippen LogP contribution is 2.28. The maximum Gasteiger partial charge on any atom is 0.323 e. The maximum atomic E-state index is 14.1. The predicted molar refractivity (Wildman–Crippen MR) is 114 cm³/mol. The topological polar surface area (TPSA) is 110 Å². The van der Waals surface area contributed by atoms with E-state index in [1.807, 2.05) is 0 Å². The lowest BCUT2D eigenvalue weighted by Crippen LogP contribution is -2.39. The van der Waals surface area contributed by atoms with Gasteiger partial charge in [-0.05, 0) is 25.1 Å². The van der Waals surface area contributed by atoms with Gasteiger partial charge in [0.1, 0.15) is 17.7 Å². The highest BCUT2D eigenvalue weighted by molar-refractivity contribution is 7.89. The van der Waals surface area contributed by atoms with Gasteiger partial charge in [0.05, 0.1) is 36.8 Å². The van der Waals surface area contributed by atoms with Crippen molar-refractivity contribution in [1.82, 2.24) is 9.29 Å². The lowest BCUT2D eigenvalue weighted by molar-refractivity contribution is 0.147. The first-order valence-electron chi connectivity index (χ1n) is 9.74. The van der Waals surface area contributed by atoms with Gasteiger partial charge in [-0.1, -0.05) is 0 Å². The van der Waals surface area contributed by atoms with E-state index in [0.29, 0.717) is 12.1 Å². The molecule has 2 aromatic rings. The number of amides is 2. The summed E-state index contributed by atoms with van der Waals surface area (Å²) in [5, 5.41) is 5.13. The van der Waals surface area contributed by atoms with Crippen LogP contribution in [0.15, 0.2) is 42.7 Å². The van der Waals surface area contributed by atoms with Crippen LogP contribution in [0.3, 0.4) is 0 Å². The van der Waals surface area contributed by atoms with Gasteiger partial charge in [-0.25, -0.2) is 17.6 Å². The summed E-state index contributed by atoms with van der Waals surface area (Å²) in [5.41, 5.74) is 0.682. The summed E-state index contributed by atoms with van der Waals surface area (Å²) in [7, 11) is -1.92. The first-order valence-corrected chi connectivity index (χ1v) is 11.4. The second-order valence-corrected chi connectivity index (χ2v) is 9.26. The Morgan fingerprint density at radius 3 is 2.74 bits per heavy atom. The number of nitrogens with one attached hydrogen (secondary N) is 2. The van der Waals surface area contributed by atoms with Gasteiger partial charge in [-0.3, -0.25) is 4.98 Å². The number of aromatic nitrogens is 1. The zero-order chi connectivity index (χ0) is 22.4. The molecule has 1 aliphatic heterocycles. The van der Waals surface area contributed by atoms with Gasteiger partial charge < -0.3 is 20.1 Å². The van der Waals surface area contributed by atoms with E-state index in [1.165, 1.54) is 29.7 Å². The average Bonchev–Trinajstić information content (AvgIpc) is 3.11. The summed E-state index contributed by atoms with van der Waals surface area (Å²) in [6.45, 7) is 1.96. The molecular formula is C20H25FN4O5S. The summed E-state index contributed by atoms with van der Waals surface area (Å²) in [6.07, 6.45) is 2.99. The van der Waals surface area contributed by atoms with Crippen LogP contribution in [-0.2, 0) is 14.8 Å². The monoisotopic (exact) mass is 452 g/mol. The molecule has 1 aromatic carbocycles. The van der Waals surface area contributed by atoms with E-state index in [0.717, 1.165) is 6.07 Å². The molecule has 1 fully saturated rings. The molecule has 2 amide bonds. The molecule has 1 aromatic heterocycles. The number of ether oxygens (including phenoxy) is 2. The van der Waals surface area contributed by atoms with E-state index in [9.17, 15) is 17.6 Å². The quantitative estimate of drug-likeness (QED) is 0.637. The third-order valence-electron chi connectivity index (χ3n) is 4.76. The number of anilines is 2. The zero-order valence-corrected chi connectivity index (χ0v) is 18.1. The molecule has 0 bridgehead atoms. The summed E-state index contributed by atoms with van der Waals surface area (Å²) in [4.78, 5) is 16.1. The molecule has 0 radical (unpaired) electrons. The normalized spacial score (nSPS) is 19.2. The molecule has 1 saturated heterocycles. The van der Waals surface area contributed by atoms with Gasteiger partial charge in [-0.2, -0.15) is 4.31 Å². The molecule has 0 unspecified atom stereocenters. The van der Waals surface area contributed by atoms with E-state index >= 15 is 0 Å². The van der Waals surface area contributed by atoms with Crippen LogP contribution in [0.2, 0.25) is 0 Å². The molecule has 0 spiro atoms. The average molecular weight is 453 g/mol. The van der Waals surface area contributed by atoms with Gasteiger partial charge in [0, 0.05) is 37.5 Å². The number of hydrogen-bond donors (Lipinski definition) is 2. The summed E-state index contributed by atoms with van der Waals surface area (Å²) in [6, 6.07) is 6.25. The first-order chi connectivity index (χ1) is 14.8. The van der Waals surface area contributed by atoms with E-state index in [2.05, 4.69) is 15.6 Å². The van der Waals surface area contributed by atoms with Crippen molar-refractivity contribution in [3.05, 3.63) is 48.5 Å². The SMILES string of the molecule is CCS(=O)(=O)N1C[C@@H](Oc2cc(F)cc(NC(=O)Nc3cccnc3)c2)C[C@H]1COC. The molecule has 2 N–H and O–H groups in total. The standard InChI is InChI=1S/C20H25FN4O5S/c1-3-31(27,28)25-12-19(10-17(25)13-29-2)30-18-8-14(21)7-16(9-18)24-20(26)23-15-5-4-6-22-11-15/h4-9,11,17,19H,3,10,12-13H2,1-2H3,(H2,23,24,26)/t17-,19-/m0/s1. The van der Waals surface area contributed by atoms with E-state index in [1.54, 1.807) is 25.3 Å². The molecule has 1 aliphatic rings. The molecule has 0 saturated carbocycles. The number of methoxy groups -OCH3 is 1. The summed E-state index contributed by atoms with van der Waals surface area (Å²) in [5.74, 6) is -0.438. The Hall–Kier alpha value is -2.76. The Morgan fingerprint density at radius 2 is 2.06 bits per heavy atom. The number of benzene rings is 1. The molecule has 11 heteroatoms. The van der Waals surface area contributed by atoms with Crippen molar-refractivity contribution in [2.45, 2.75) is 25.5 Å². The van der Waals surface area contributed by atoms with E-state index < -0.39 is 28.0 Å². The Kier molecular flexibility index (Phi) is 7.42. The van der Waals surface area contributed by atoms with Gasteiger partial charge >= 0.3 is 6.03 Å². The minimum Gasteiger partial charge on any atom is -0.489 e. The fraction of sp³-hybridized carbons (Fsp3) is 0.400. The third-order valence-corrected chi connectivity index (χ3v) is 6.65. The lowest BCUT2D eigenvalue weighted by Gasteiger charge is -2.22. The van der Waals surface area contributed by atoms with Crippen molar-refractivity contribution >= 4 is 27.4 Å². The number of sulfonamides is 1. The van der Waals surface area contributed by atoms with Crippen LogP contribution in [0.25, 0.3) is 0 Å². The Balaban J connectivity index is 1.68. The summed E-state index contributed by atoms with van der Waals surface area (Å²) < 4.78 is 51.2. The van der Waals surface area contributed by atoms with Gasteiger partial charge in [0.2, 0.25) is 10.0 Å². The minimum atomic E-state index is -3.43. The number of carbonyl (C=O) groups is 1. The number of pyridine rings is 1. The van der Waals surface area contributed by atoms with Gasteiger partial charge in [0.15, 0.2) is 0 Å². The van der Waals surface area contributed by atoms with Crippen LogP contribution in [0.1, 0.15) is 13.3 Å². The van der Waals surface area contributed by atoms with Crippen molar-refractivity contribution in [2.24, 2.45) is 0 Å². The van der Waals surface area contributed by atoms with Crippen molar-refractivity contribution in [2.75, 3.05) is 36.6 Å². The van der Waals surface area contributed by atoms with Crippen molar-refractivity contribution in [3.63, 3.8) is 0 Å². The van der Waals surface area contributed by atoms with Crippen molar-refractivity contribution in [1.29, 1.82) is 0 Å². The zero-order valence-electron chi connectivity index (χ0n) is 17.2. The number of carbonyl (C=O) groups excluding carboxylic acids is 1. The summed E-state index contributed by atoms with van der Waals surface area (Å²) >= 11 is 0. The molecule has 2 atom stereocenters. The smallest absolute Gasteiger partial charge is 0.323 e. The number of halogens is 1. The number of hydrogen-bond acceptors (Lipinski definition) is 6. The fourth-order valence-electron chi connectivity index (χ4n) is 3.41. The first kappa shape index (κ1) is 22.9. The maximum absolute atomic E-state index is 14.1. The van der Waals surface area contributed by atoms with Gasteiger partial charge in [0.25, 0.3) is 0 Å². The van der Waals surface area contributed by atoms with Crippen LogP contribution in [0.4, 0.5) is 20.6 Å². The predicted octanol–water partition coefficient (Wildman–Crippen LogP) is 2.68. The van der Waals surface area contributed by atoms with E-state index in [4.69, 9.17) is 9.47 Å². The largest absolute Gasteiger partial charge is 0.489 e. The molecular weight excluding hydrogens is 427 g/mol. The highest BCUT2D eigenvalue weighted by atomic mass is 32.2. The Bertz CT molecular complexity index is 1010. The molecule has 168 valence electrons. The highest BCUT2D eigenvalue weighted by Gasteiger charge is 2.39. The molecule has 0 aliphatic carbocycles. The van der Waals surface area contributed by atoms with Crippen molar-refractivity contribution < 1.29 is 27.1 Å². The molecule has 9 nitrogen and oxygen atoms in total. The van der Waals surface area contributed by atoms with Crippen molar-refractivity contribution in [3.8, 4) is 5.75 Å². The Morgan fingerprint density at radius 1 is 1.29 bits per heavy atom. The molecule has 2 heterocycles. The van der Waals surface area contributed by atoms with Gasteiger partial charge in [-0.15, -0.1) is 0 Å². The third kappa shape index (κ3) is 6.12.